The van der Waals surface area contributed by atoms with E-state index in [4.69, 9.17) is 5.11 Å². The minimum atomic E-state index is -0.107. The molecular formula is C11H18N2O. The van der Waals surface area contributed by atoms with Crippen LogP contribution in [0.1, 0.15) is 19.4 Å². The van der Waals surface area contributed by atoms with Gasteiger partial charge >= 0.3 is 0 Å². The topological polar surface area (TPSA) is 45.2 Å². The minimum absolute atomic E-state index is 0.107. The number of aliphatic hydroxyl groups excluding tert-OH is 1. The zero-order chi connectivity index (χ0) is 10.6. The van der Waals surface area contributed by atoms with E-state index >= 15 is 0 Å². The second-order valence-corrected chi connectivity index (χ2v) is 4.34. The summed E-state index contributed by atoms with van der Waals surface area (Å²) >= 11 is 0. The molecule has 3 nitrogen and oxygen atoms in total. The molecule has 0 atom stereocenters. The maximum atomic E-state index is 9.08. The van der Waals surface area contributed by atoms with Crippen molar-refractivity contribution in [1.29, 1.82) is 0 Å². The van der Waals surface area contributed by atoms with E-state index < -0.39 is 0 Å². The van der Waals surface area contributed by atoms with E-state index in [1.54, 1.807) is 6.20 Å². The van der Waals surface area contributed by atoms with Gasteiger partial charge in [-0.15, -0.1) is 0 Å². The van der Waals surface area contributed by atoms with Crippen molar-refractivity contribution in [2.45, 2.75) is 20.8 Å². The van der Waals surface area contributed by atoms with Crippen molar-refractivity contribution in [3.63, 3.8) is 0 Å². The number of hydrogen-bond donors (Lipinski definition) is 2. The van der Waals surface area contributed by atoms with Gasteiger partial charge in [-0.05, 0) is 18.6 Å². The Kier molecular flexibility index (Phi) is 3.47. The van der Waals surface area contributed by atoms with Gasteiger partial charge in [0.2, 0.25) is 0 Å². The number of anilines is 1. The highest BCUT2D eigenvalue weighted by molar-refractivity contribution is 5.42. The van der Waals surface area contributed by atoms with Crippen molar-refractivity contribution in [3.05, 3.63) is 23.9 Å². The standard InChI is InChI=1S/C11H18N2O/c1-9-5-4-6-12-10(9)13-7-11(2,3)8-14/h4-6,14H,7-8H2,1-3H3,(H,12,13). The summed E-state index contributed by atoms with van der Waals surface area (Å²) in [5.74, 6) is 0.897. The van der Waals surface area contributed by atoms with Crippen molar-refractivity contribution >= 4 is 5.82 Å². The molecule has 1 rings (SSSR count). The molecule has 14 heavy (non-hydrogen) atoms. The van der Waals surface area contributed by atoms with E-state index in [0.717, 1.165) is 17.9 Å². The molecule has 0 radical (unpaired) electrons. The quantitative estimate of drug-likeness (QED) is 0.768. The SMILES string of the molecule is Cc1cccnc1NCC(C)(C)CO. The molecule has 2 N–H and O–H groups in total. The van der Waals surface area contributed by atoms with Crippen LogP contribution in [0.4, 0.5) is 5.82 Å². The van der Waals surface area contributed by atoms with Crippen LogP contribution in [0.25, 0.3) is 0 Å². The second kappa shape index (κ2) is 4.42. The van der Waals surface area contributed by atoms with Crippen LogP contribution >= 0.6 is 0 Å². The third kappa shape index (κ3) is 3.00. The van der Waals surface area contributed by atoms with E-state index in [9.17, 15) is 0 Å². The Morgan fingerprint density at radius 3 is 2.79 bits per heavy atom. The molecule has 78 valence electrons. The summed E-state index contributed by atoms with van der Waals surface area (Å²) in [5, 5.41) is 12.3. The first kappa shape index (κ1) is 11.0. The fourth-order valence-corrected chi connectivity index (χ4v) is 1.05. The van der Waals surface area contributed by atoms with Crippen LogP contribution in [0.15, 0.2) is 18.3 Å². The van der Waals surface area contributed by atoms with Crippen LogP contribution in [0.5, 0.6) is 0 Å². The van der Waals surface area contributed by atoms with Crippen molar-refractivity contribution in [2.24, 2.45) is 5.41 Å². The van der Waals surface area contributed by atoms with Gasteiger partial charge in [0.1, 0.15) is 5.82 Å². The number of aromatic nitrogens is 1. The zero-order valence-electron chi connectivity index (χ0n) is 9.04. The molecule has 1 aromatic heterocycles. The van der Waals surface area contributed by atoms with E-state index in [2.05, 4.69) is 10.3 Å². The number of aliphatic hydroxyl groups is 1. The Balaban J connectivity index is 2.58. The number of hydrogen-bond acceptors (Lipinski definition) is 3. The molecule has 0 bridgehead atoms. The molecule has 0 saturated heterocycles. The van der Waals surface area contributed by atoms with Gasteiger partial charge in [0.15, 0.2) is 0 Å². The fraction of sp³-hybridized carbons (Fsp3) is 0.545. The highest BCUT2D eigenvalue weighted by atomic mass is 16.3. The highest BCUT2D eigenvalue weighted by Gasteiger charge is 2.16. The summed E-state index contributed by atoms with van der Waals surface area (Å²) in [7, 11) is 0. The molecule has 0 unspecified atom stereocenters. The predicted molar refractivity (Wildman–Crippen MR) is 58.3 cm³/mol. The Morgan fingerprint density at radius 1 is 1.50 bits per heavy atom. The first-order chi connectivity index (χ1) is 6.55. The summed E-state index contributed by atoms with van der Waals surface area (Å²) in [6.07, 6.45) is 1.77. The zero-order valence-corrected chi connectivity index (χ0v) is 9.04. The smallest absolute Gasteiger partial charge is 0.128 e. The van der Waals surface area contributed by atoms with Crippen LogP contribution in [0.2, 0.25) is 0 Å². The molecule has 0 aliphatic carbocycles. The lowest BCUT2D eigenvalue weighted by molar-refractivity contribution is 0.170. The molecule has 0 saturated carbocycles. The highest BCUT2D eigenvalue weighted by Crippen LogP contribution is 2.16. The third-order valence-electron chi connectivity index (χ3n) is 2.17. The maximum Gasteiger partial charge on any atom is 0.128 e. The summed E-state index contributed by atoms with van der Waals surface area (Å²) in [6, 6.07) is 3.93. The summed E-state index contributed by atoms with van der Waals surface area (Å²) in [5.41, 5.74) is 1.02. The average Bonchev–Trinajstić information content (AvgIpc) is 2.17. The normalized spacial score (nSPS) is 11.4. The summed E-state index contributed by atoms with van der Waals surface area (Å²) in [6.45, 7) is 6.94. The monoisotopic (exact) mass is 194 g/mol. The Labute approximate surface area is 85.2 Å². The molecule has 0 spiro atoms. The third-order valence-corrected chi connectivity index (χ3v) is 2.17. The van der Waals surface area contributed by atoms with E-state index in [-0.39, 0.29) is 12.0 Å². The number of rotatable bonds is 4. The number of nitrogens with one attached hydrogen (secondary N) is 1. The first-order valence-corrected chi connectivity index (χ1v) is 4.81. The molecule has 0 aliphatic heterocycles. The molecule has 0 aromatic carbocycles. The van der Waals surface area contributed by atoms with Gasteiger partial charge in [-0.25, -0.2) is 4.98 Å². The van der Waals surface area contributed by atoms with Gasteiger partial charge in [-0.1, -0.05) is 19.9 Å². The Bertz CT molecular complexity index is 297. The lowest BCUT2D eigenvalue weighted by Gasteiger charge is -2.22. The fourth-order valence-electron chi connectivity index (χ4n) is 1.05. The van der Waals surface area contributed by atoms with Crippen molar-refractivity contribution in [1.82, 2.24) is 4.98 Å². The van der Waals surface area contributed by atoms with E-state index in [1.165, 1.54) is 0 Å². The van der Waals surface area contributed by atoms with Gasteiger partial charge in [0.05, 0.1) is 0 Å². The molecular weight excluding hydrogens is 176 g/mol. The first-order valence-electron chi connectivity index (χ1n) is 4.81. The minimum Gasteiger partial charge on any atom is -0.396 e. The maximum absolute atomic E-state index is 9.08. The summed E-state index contributed by atoms with van der Waals surface area (Å²) < 4.78 is 0. The van der Waals surface area contributed by atoms with Gasteiger partial charge in [0.25, 0.3) is 0 Å². The molecule has 0 fully saturated rings. The molecule has 0 aliphatic rings. The lowest BCUT2D eigenvalue weighted by atomic mass is 9.95. The second-order valence-electron chi connectivity index (χ2n) is 4.34. The largest absolute Gasteiger partial charge is 0.396 e. The van der Waals surface area contributed by atoms with Gasteiger partial charge in [0, 0.05) is 24.8 Å². The van der Waals surface area contributed by atoms with Crippen LogP contribution in [0, 0.1) is 12.3 Å². The Hall–Kier alpha value is -1.09. The van der Waals surface area contributed by atoms with Crippen LogP contribution in [-0.2, 0) is 0 Å². The predicted octanol–water partition coefficient (Wildman–Crippen LogP) is 1.82. The average molecular weight is 194 g/mol. The van der Waals surface area contributed by atoms with Gasteiger partial charge in [-0.3, -0.25) is 0 Å². The van der Waals surface area contributed by atoms with Gasteiger partial charge < -0.3 is 10.4 Å². The number of nitrogens with zero attached hydrogens (tertiary/aromatic N) is 1. The van der Waals surface area contributed by atoms with Crippen LogP contribution in [0.3, 0.4) is 0 Å². The van der Waals surface area contributed by atoms with Crippen molar-refractivity contribution in [2.75, 3.05) is 18.5 Å². The van der Waals surface area contributed by atoms with Crippen LogP contribution < -0.4 is 5.32 Å². The van der Waals surface area contributed by atoms with E-state index in [1.807, 2.05) is 32.9 Å². The van der Waals surface area contributed by atoms with Gasteiger partial charge in [-0.2, -0.15) is 0 Å². The Morgan fingerprint density at radius 2 is 2.21 bits per heavy atom. The molecule has 1 heterocycles. The molecule has 3 heteroatoms. The molecule has 1 aromatic rings. The van der Waals surface area contributed by atoms with E-state index in [0.29, 0.717) is 0 Å². The number of pyridine rings is 1. The number of aryl methyl sites for hydroxylation is 1. The summed E-state index contributed by atoms with van der Waals surface area (Å²) in [4.78, 5) is 4.22. The van der Waals surface area contributed by atoms with Crippen molar-refractivity contribution < 1.29 is 5.11 Å². The van der Waals surface area contributed by atoms with Crippen LogP contribution in [-0.4, -0.2) is 23.2 Å². The molecule has 0 amide bonds. The lowest BCUT2D eigenvalue weighted by Crippen LogP contribution is -2.27. The van der Waals surface area contributed by atoms with Crippen molar-refractivity contribution in [3.8, 4) is 0 Å².